The molecule has 2 amide bonds. The Morgan fingerprint density at radius 2 is 1.50 bits per heavy atom. The fourth-order valence-corrected chi connectivity index (χ4v) is 7.75. The van der Waals surface area contributed by atoms with Crippen LogP contribution in [0.4, 0.5) is 5.69 Å². The fourth-order valence-electron chi connectivity index (χ4n) is 5.90. The summed E-state index contributed by atoms with van der Waals surface area (Å²) in [5, 5.41) is 4.22. The maximum atomic E-state index is 14.7. The van der Waals surface area contributed by atoms with Crippen LogP contribution in [0, 0.1) is 13.8 Å². The summed E-state index contributed by atoms with van der Waals surface area (Å²) < 4.78 is 29.6. The number of benzene rings is 4. The Balaban J connectivity index is 1.59. The summed E-state index contributed by atoms with van der Waals surface area (Å²) in [4.78, 5) is 30.3. The lowest BCUT2D eigenvalue weighted by atomic mass is 10.0. The average molecular weight is 727 g/mol. The molecule has 1 aliphatic rings. The Bertz CT molecular complexity index is 1860. The molecule has 5 rings (SSSR count). The molecular formula is C37H38Cl3N3O4S. The lowest BCUT2D eigenvalue weighted by Crippen LogP contribution is -2.54. The first kappa shape index (κ1) is 35.7. The SMILES string of the molecule is Cc1ccc(N(CC(=O)N(Cc2ccc(Cl)c(Cl)c2)[C@@H](Cc2ccccc2)C(=O)NC2CCCC2)S(=O)(=O)c2ccc(Cl)cc2)cc1C. The minimum atomic E-state index is -4.25. The first-order valence-electron chi connectivity index (χ1n) is 15.9. The number of halogens is 3. The second-order valence-corrected chi connectivity index (χ2v) is 15.3. The van der Waals surface area contributed by atoms with E-state index in [9.17, 15) is 18.0 Å². The van der Waals surface area contributed by atoms with Crippen molar-refractivity contribution in [3.8, 4) is 0 Å². The second kappa shape index (κ2) is 15.8. The Labute approximate surface area is 297 Å². The molecule has 1 fully saturated rings. The van der Waals surface area contributed by atoms with Gasteiger partial charge >= 0.3 is 0 Å². The van der Waals surface area contributed by atoms with Crippen molar-refractivity contribution in [1.82, 2.24) is 10.2 Å². The molecule has 0 aliphatic heterocycles. The van der Waals surface area contributed by atoms with Gasteiger partial charge in [-0.15, -0.1) is 0 Å². The van der Waals surface area contributed by atoms with Crippen molar-refractivity contribution < 1.29 is 18.0 Å². The van der Waals surface area contributed by atoms with Crippen molar-refractivity contribution in [1.29, 1.82) is 0 Å². The molecule has 1 aliphatic carbocycles. The molecule has 4 aromatic rings. The number of anilines is 1. The van der Waals surface area contributed by atoms with Gasteiger partial charge in [0.15, 0.2) is 0 Å². The molecule has 0 radical (unpaired) electrons. The number of nitrogens with one attached hydrogen (secondary N) is 1. The Morgan fingerprint density at radius 1 is 0.812 bits per heavy atom. The minimum absolute atomic E-state index is 0.00688. The maximum Gasteiger partial charge on any atom is 0.264 e. The van der Waals surface area contributed by atoms with Crippen LogP contribution in [0.3, 0.4) is 0 Å². The zero-order valence-electron chi connectivity index (χ0n) is 26.8. The number of rotatable bonds is 12. The highest BCUT2D eigenvalue weighted by molar-refractivity contribution is 7.92. The summed E-state index contributed by atoms with van der Waals surface area (Å²) in [6, 6.07) is 24.6. The van der Waals surface area contributed by atoms with Gasteiger partial charge in [0, 0.05) is 24.0 Å². The van der Waals surface area contributed by atoms with Gasteiger partial charge in [-0.3, -0.25) is 13.9 Å². The molecule has 1 atom stereocenters. The standard InChI is InChI=1S/C37H38Cl3N3O4S/c1-25-12-16-31(20-26(25)2)43(48(46,47)32-17-14-29(38)15-18-32)24-36(44)42(23-28-13-19-33(39)34(40)21-28)35(22-27-8-4-3-5-9-27)37(45)41-30-10-6-7-11-30/h3-5,8-9,12-21,30,35H,6-7,10-11,22-24H2,1-2H3,(H,41,45)/t35-/m0/s1. The third-order valence-electron chi connectivity index (χ3n) is 8.77. The third kappa shape index (κ3) is 8.72. The Morgan fingerprint density at radius 3 is 2.15 bits per heavy atom. The first-order chi connectivity index (χ1) is 22.9. The first-order valence-corrected chi connectivity index (χ1v) is 18.4. The van der Waals surface area contributed by atoms with E-state index in [0.717, 1.165) is 46.7 Å². The van der Waals surface area contributed by atoms with Gasteiger partial charge < -0.3 is 10.2 Å². The molecule has 0 bridgehead atoms. The zero-order chi connectivity index (χ0) is 34.4. The highest BCUT2D eigenvalue weighted by Crippen LogP contribution is 2.29. The van der Waals surface area contributed by atoms with Crippen LogP contribution in [0.1, 0.15) is 47.9 Å². The molecule has 4 aromatic carbocycles. The number of sulfonamides is 1. The summed E-state index contributed by atoms with van der Waals surface area (Å²) in [5.41, 5.74) is 3.66. The van der Waals surface area contributed by atoms with Gasteiger partial charge in [0.2, 0.25) is 11.8 Å². The van der Waals surface area contributed by atoms with Gasteiger partial charge in [0.05, 0.1) is 20.6 Å². The van der Waals surface area contributed by atoms with Crippen LogP contribution in [0.25, 0.3) is 0 Å². The molecule has 252 valence electrons. The van der Waals surface area contributed by atoms with Gasteiger partial charge in [-0.05, 0) is 97.5 Å². The number of carbonyl (C=O) groups excluding carboxylic acids is 2. The van der Waals surface area contributed by atoms with Crippen molar-refractivity contribution in [3.63, 3.8) is 0 Å². The van der Waals surface area contributed by atoms with Gasteiger partial charge in [0.1, 0.15) is 12.6 Å². The van der Waals surface area contributed by atoms with Crippen LogP contribution in [-0.4, -0.2) is 43.8 Å². The van der Waals surface area contributed by atoms with Crippen LogP contribution < -0.4 is 9.62 Å². The molecule has 0 unspecified atom stereocenters. The summed E-state index contributed by atoms with van der Waals surface area (Å²) in [6.07, 6.45) is 4.00. The van der Waals surface area contributed by atoms with Crippen LogP contribution in [-0.2, 0) is 32.6 Å². The maximum absolute atomic E-state index is 14.7. The van der Waals surface area contributed by atoms with Gasteiger partial charge in [-0.1, -0.05) is 90.1 Å². The van der Waals surface area contributed by atoms with E-state index in [4.69, 9.17) is 34.8 Å². The molecule has 0 aromatic heterocycles. The number of amides is 2. The minimum Gasteiger partial charge on any atom is -0.352 e. The highest BCUT2D eigenvalue weighted by atomic mass is 35.5. The van der Waals surface area contributed by atoms with Crippen molar-refractivity contribution >= 4 is 62.3 Å². The molecule has 7 nitrogen and oxygen atoms in total. The predicted molar refractivity (Wildman–Crippen MR) is 193 cm³/mol. The smallest absolute Gasteiger partial charge is 0.264 e. The monoisotopic (exact) mass is 725 g/mol. The third-order valence-corrected chi connectivity index (χ3v) is 11.5. The number of carbonyl (C=O) groups is 2. The number of nitrogens with zero attached hydrogens (tertiary/aromatic N) is 2. The summed E-state index contributed by atoms with van der Waals surface area (Å²) in [5.74, 6) is -0.850. The Hall–Kier alpha value is -3.56. The van der Waals surface area contributed by atoms with E-state index in [1.807, 2.05) is 50.2 Å². The normalized spacial score (nSPS) is 14.0. The van der Waals surface area contributed by atoms with Crippen molar-refractivity contribution in [2.75, 3.05) is 10.8 Å². The second-order valence-electron chi connectivity index (χ2n) is 12.2. The van der Waals surface area contributed by atoms with E-state index in [1.165, 1.54) is 29.2 Å². The van der Waals surface area contributed by atoms with E-state index in [0.29, 0.717) is 26.3 Å². The van der Waals surface area contributed by atoms with Gasteiger partial charge in [-0.2, -0.15) is 0 Å². The highest BCUT2D eigenvalue weighted by Gasteiger charge is 2.35. The fraction of sp³-hybridized carbons (Fsp3) is 0.297. The van der Waals surface area contributed by atoms with Crippen LogP contribution in [0.15, 0.2) is 95.9 Å². The van der Waals surface area contributed by atoms with Gasteiger partial charge in [0.25, 0.3) is 10.0 Å². The molecule has 11 heteroatoms. The average Bonchev–Trinajstić information content (AvgIpc) is 3.58. The largest absolute Gasteiger partial charge is 0.352 e. The quantitative estimate of drug-likeness (QED) is 0.160. The molecule has 0 heterocycles. The van der Waals surface area contributed by atoms with Crippen LogP contribution in [0.5, 0.6) is 0 Å². The number of aryl methyl sites for hydroxylation is 2. The van der Waals surface area contributed by atoms with Crippen molar-refractivity contribution in [2.45, 2.75) is 69.5 Å². The molecule has 0 spiro atoms. The zero-order valence-corrected chi connectivity index (χ0v) is 29.9. The van der Waals surface area contributed by atoms with E-state index >= 15 is 0 Å². The summed E-state index contributed by atoms with van der Waals surface area (Å²) in [7, 11) is -4.25. The lowest BCUT2D eigenvalue weighted by Gasteiger charge is -2.34. The molecule has 1 N–H and O–H groups in total. The number of hydrogen-bond acceptors (Lipinski definition) is 4. The van der Waals surface area contributed by atoms with E-state index in [2.05, 4.69) is 5.32 Å². The van der Waals surface area contributed by atoms with Gasteiger partial charge in [-0.25, -0.2) is 8.42 Å². The summed E-state index contributed by atoms with van der Waals surface area (Å²) in [6.45, 7) is 3.25. The van der Waals surface area contributed by atoms with E-state index in [-0.39, 0.29) is 29.8 Å². The molecule has 0 saturated heterocycles. The summed E-state index contributed by atoms with van der Waals surface area (Å²) >= 11 is 18.7. The lowest BCUT2D eigenvalue weighted by molar-refractivity contribution is -0.140. The predicted octanol–water partition coefficient (Wildman–Crippen LogP) is 8.16. The van der Waals surface area contributed by atoms with E-state index < -0.39 is 28.5 Å². The van der Waals surface area contributed by atoms with E-state index in [1.54, 1.807) is 30.3 Å². The topological polar surface area (TPSA) is 86.8 Å². The molecule has 1 saturated carbocycles. The van der Waals surface area contributed by atoms with Crippen molar-refractivity contribution in [2.24, 2.45) is 0 Å². The molecular weight excluding hydrogens is 689 g/mol. The van der Waals surface area contributed by atoms with Crippen LogP contribution >= 0.6 is 34.8 Å². The number of hydrogen-bond donors (Lipinski definition) is 1. The molecule has 48 heavy (non-hydrogen) atoms. The van der Waals surface area contributed by atoms with Crippen molar-refractivity contribution in [3.05, 3.63) is 128 Å². The Kier molecular flexibility index (Phi) is 11.7. The van der Waals surface area contributed by atoms with Crippen LogP contribution in [0.2, 0.25) is 15.1 Å².